The number of ether oxygens (including phenoxy) is 1. The first-order valence-electron chi connectivity index (χ1n) is 11.1. The summed E-state index contributed by atoms with van der Waals surface area (Å²) in [4.78, 5) is 25.5. The molecule has 35 heavy (non-hydrogen) atoms. The van der Waals surface area contributed by atoms with Crippen LogP contribution in [0.2, 0.25) is 0 Å². The summed E-state index contributed by atoms with van der Waals surface area (Å²) in [7, 11) is -3.77. The molecular weight excluding hydrogens is 468 g/mol. The fourth-order valence-corrected chi connectivity index (χ4v) is 5.66. The van der Waals surface area contributed by atoms with Crippen molar-refractivity contribution in [3.05, 3.63) is 89.7 Å². The van der Waals surface area contributed by atoms with E-state index in [1.165, 1.54) is 28.6 Å². The highest BCUT2D eigenvalue weighted by atomic mass is 32.2. The van der Waals surface area contributed by atoms with Gasteiger partial charge in [0.05, 0.1) is 17.2 Å². The summed E-state index contributed by atoms with van der Waals surface area (Å²) < 4.78 is 38.5. The van der Waals surface area contributed by atoms with Crippen molar-refractivity contribution in [2.75, 3.05) is 22.8 Å². The maximum atomic E-state index is 13.2. The van der Waals surface area contributed by atoms with Crippen molar-refractivity contribution in [2.45, 2.75) is 18.2 Å². The molecule has 1 N–H and O–H groups in total. The van der Waals surface area contributed by atoms with Gasteiger partial charge in [0.25, 0.3) is 15.9 Å². The number of fused-ring (bicyclic) bond motifs is 2. The summed E-state index contributed by atoms with van der Waals surface area (Å²) >= 11 is 0. The van der Waals surface area contributed by atoms with Gasteiger partial charge in [-0.05, 0) is 61.4 Å². The number of nitrogens with one attached hydrogen (secondary N) is 1. The molecule has 0 unspecified atom stereocenters. The van der Waals surface area contributed by atoms with Crippen LogP contribution < -0.4 is 9.62 Å². The van der Waals surface area contributed by atoms with Gasteiger partial charge in [-0.2, -0.15) is 0 Å². The Morgan fingerprint density at radius 2 is 1.71 bits per heavy atom. The number of nitrogens with zero attached hydrogens (tertiary/aromatic N) is 1. The Morgan fingerprint density at radius 1 is 1.00 bits per heavy atom. The molecule has 4 aromatic rings. The van der Waals surface area contributed by atoms with Crippen LogP contribution >= 0.6 is 0 Å². The summed E-state index contributed by atoms with van der Waals surface area (Å²) in [5.74, 6) is -1.31. The monoisotopic (exact) mass is 490 g/mol. The minimum absolute atomic E-state index is 0.0896. The van der Waals surface area contributed by atoms with Crippen molar-refractivity contribution in [1.82, 2.24) is 0 Å². The smallest absolute Gasteiger partial charge is 0.376 e. The molecular formula is C26H22N2O6S. The van der Waals surface area contributed by atoms with Crippen LogP contribution in [0.3, 0.4) is 0 Å². The lowest BCUT2D eigenvalue weighted by Gasteiger charge is -2.19. The van der Waals surface area contributed by atoms with E-state index in [0.717, 1.165) is 5.56 Å². The van der Waals surface area contributed by atoms with Gasteiger partial charge >= 0.3 is 5.97 Å². The number of hydrogen-bond donors (Lipinski definition) is 1. The third-order valence-electron chi connectivity index (χ3n) is 5.84. The summed E-state index contributed by atoms with van der Waals surface area (Å²) in [6.45, 7) is 2.20. The summed E-state index contributed by atoms with van der Waals surface area (Å²) in [5, 5.41) is 3.27. The first kappa shape index (κ1) is 22.7. The maximum Gasteiger partial charge on any atom is 0.376 e. The fraction of sp³-hybridized carbons (Fsp3) is 0.154. The molecule has 9 heteroatoms. The topological polar surface area (TPSA) is 106 Å². The molecule has 0 fully saturated rings. The molecule has 1 aromatic heterocycles. The molecule has 0 atom stereocenters. The van der Waals surface area contributed by atoms with E-state index in [2.05, 4.69) is 5.32 Å². The highest BCUT2D eigenvalue weighted by Gasteiger charge is 2.31. The van der Waals surface area contributed by atoms with Gasteiger partial charge in [-0.3, -0.25) is 9.10 Å². The van der Waals surface area contributed by atoms with E-state index in [9.17, 15) is 18.0 Å². The normalized spacial score (nSPS) is 13.0. The second-order valence-corrected chi connectivity index (χ2v) is 9.82. The predicted octanol–water partition coefficient (Wildman–Crippen LogP) is 4.61. The molecule has 0 spiro atoms. The zero-order chi connectivity index (χ0) is 24.6. The maximum absolute atomic E-state index is 13.2. The Morgan fingerprint density at radius 3 is 2.49 bits per heavy atom. The second kappa shape index (κ2) is 8.92. The predicted molar refractivity (Wildman–Crippen MR) is 131 cm³/mol. The molecule has 0 saturated heterocycles. The molecule has 1 aliphatic rings. The molecule has 178 valence electrons. The number of para-hydroxylation sites is 2. The molecule has 2 heterocycles. The van der Waals surface area contributed by atoms with Crippen LogP contribution in [0.25, 0.3) is 11.0 Å². The van der Waals surface area contributed by atoms with Gasteiger partial charge in [-0.1, -0.05) is 30.3 Å². The lowest BCUT2D eigenvalue weighted by molar-refractivity contribution is 0.0494. The van der Waals surface area contributed by atoms with Gasteiger partial charge < -0.3 is 14.5 Å². The number of sulfonamides is 1. The van der Waals surface area contributed by atoms with Crippen LogP contribution in [-0.4, -0.2) is 33.4 Å². The van der Waals surface area contributed by atoms with Crippen molar-refractivity contribution in [3.63, 3.8) is 0 Å². The Kier molecular flexibility index (Phi) is 5.78. The van der Waals surface area contributed by atoms with E-state index in [1.54, 1.807) is 37.3 Å². The number of carbonyl (C=O) groups is 2. The highest BCUT2D eigenvalue weighted by molar-refractivity contribution is 7.92. The van der Waals surface area contributed by atoms with Gasteiger partial charge in [0.2, 0.25) is 5.76 Å². The zero-order valence-electron chi connectivity index (χ0n) is 18.9. The van der Waals surface area contributed by atoms with Crippen LogP contribution in [-0.2, 0) is 21.2 Å². The Labute approximate surface area is 202 Å². The molecule has 0 saturated carbocycles. The fourth-order valence-electron chi connectivity index (χ4n) is 4.16. The number of esters is 1. The Hall–Kier alpha value is -4.11. The lowest BCUT2D eigenvalue weighted by Crippen LogP contribution is -2.29. The molecule has 1 amide bonds. The van der Waals surface area contributed by atoms with Crippen molar-refractivity contribution in [3.8, 4) is 0 Å². The minimum atomic E-state index is -3.77. The summed E-state index contributed by atoms with van der Waals surface area (Å²) in [5.41, 5.74) is 2.52. The largest absolute Gasteiger partial charge is 0.460 e. The number of anilines is 2. The molecule has 8 nitrogen and oxygen atoms in total. The van der Waals surface area contributed by atoms with Crippen LogP contribution in [0.4, 0.5) is 11.4 Å². The van der Waals surface area contributed by atoms with Crippen molar-refractivity contribution < 1.29 is 27.2 Å². The van der Waals surface area contributed by atoms with Crippen molar-refractivity contribution in [2.24, 2.45) is 0 Å². The minimum Gasteiger partial charge on any atom is -0.460 e. The number of furan rings is 1. The summed E-state index contributed by atoms with van der Waals surface area (Å²) in [6.07, 6.45) is 0.650. The van der Waals surface area contributed by atoms with E-state index >= 15 is 0 Å². The SMILES string of the molecule is CCOC(=O)c1oc2ccccc2c1NC(=O)c1ccc(S(=O)(=O)N2CCc3ccccc32)cc1. The standard InChI is InChI=1S/C26H22N2O6S/c1-2-33-26(30)24-23(20-8-4-6-10-22(20)34-24)27-25(29)18-11-13-19(14-12-18)35(31,32)28-16-15-17-7-3-5-9-21(17)28/h3-14H,2,15-16H2,1H3,(H,27,29). The Balaban J connectivity index is 1.41. The van der Waals surface area contributed by atoms with E-state index in [4.69, 9.17) is 9.15 Å². The number of rotatable bonds is 6. The van der Waals surface area contributed by atoms with Crippen LogP contribution in [0.5, 0.6) is 0 Å². The van der Waals surface area contributed by atoms with Gasteiger partial charge in [-0.15, -0.1) is 0 Å². The van der Waals surface area contributed by atoms with E-state index in [-0.39, 0.29) is 28.5 Å². The van der Waals surface area contributed by atoms with Crippen molar-refractivity contribution in [1.29, 1.82) is 0 Å². The van der Waals surface area contributed by atoms with Crippen LogP contribution in [0.1, 0.15) is 33.4 Å². The third-order valence-corrected chi connectivity index (χ3v) is 7.67. The molecule has 0 radical (unpaired) electrons. The summed E-state index contributed by atoms with van der Waals surface area (Å²) in [6, 6.07) is 20.0. The number of hydrogen-bond acceptors (Lipinski definition) is 6. The Bertz CT molecular complexity index is 1540. The lowest BCUT2D eigenvalue weighted by atomic mass is 10.2. The first-order chi connectivity index (χ1) is 16.9. The van der Waals surface area contributed by atoms with Crippen LogP contribution in [0.15, 0.2) is 82.1 Å². The highest BCUT2D eigenvalue weighted by Crippen LogP contribution is 2.34. The quantitative estimate of drug-likeness (QED) is 0.396. The molecule has 5 rings (SSSR count). The van der Waals surface area contributed by atoms with E-state index in [0.29, 0.717) is 29.6 Å². The average molecular weight is 491 g/mol. The van der Waals surface area contributed by atoms with Gasteiger partial charge in [0, 0.05) is 17.5 Å². The second-order valence-electron chi connectivity index (χ2n) is 7.96. The molecule has 3 aromatic carbocycles. The average Bonchev–Trinajstić information content (AvgIpc) is 3.47. The number of benzene rings is 3. The van der Waals surface area contributed by atoms with Crippen molar-refractivity contribution >= 4 is 44.2 Å². The van der Waals surface area contributed by atoms with Crippen LogP contribution in [0, 0.1) is 0 Å². The zero-order valence-corrected chi connectivity index (χ0v) is 19.7. The van der Waals surface area contributed by atoms with Gasteiger partial charge in [0.1, 0.15) is 11.3 Å². The third kappa shape index (κ3) is 4.04. The first-order valence-corrected chi connectivity index (χ1v) is 12.5. The molecule has 0 bridgehead atoms. The number of amides is 1. The van der Waals surface area contributed by atoms with E-state index in [1.807, 2.05) is 18.2 Å². The number of carbonyl (C=O) groups excluding carboxylic acids is 2. The molecule has 1 aliphatic heterocycles. The van der Waals surface area contributed by atoms with Gasteiger partial charge in [0.15, 0.2) is 0 Å². The molecule has 0 aliphatic carbocycles. The van der Waals surface area contributed by atoms with E-state index < -0.39 is 21.9 Å². The van der Waals surface area contributed by atoms with Gasteiger partial charge in [-0.25, -0.2) is 13.2 Å².